The molecule has 1 saturated carbocycles. The number of carbonyl (C=O) groups is 5. The van der Waals surface area contributed by atoms with Crippen LogP contribution in [0.1, 0.15) is 51.1 Å². The zero-order valence-electron chi connectivity index (χ0n) is 21.0. The highest BCUT2D eigenvalue weighted by Crippen LogP contribution is 2.51. The number of phenolic OH excluding ortho intramolecular Hbond substituents is 1. The molecule has 2 heterocycles. The van der Waals surface area contributed by atoms with Gasteiger partial charge >= 0.3 is 17.9 Å². The quantitative estimate of drug-likeness (QED) is 0.227. The van der Waals surface area contributed by atoms with Crippen LogP contribution in [0, 0.1) is 11.3 Å². The maximum Gasteiger partial charge on any atom is 0.330 e. The van der Waals surface area contributed by atoms with Crippen LogP contribution in [0.4, 0.5) is 0 Å². The lowest BCUT2D eigenvalue weighted by molar-refractivity contribution is -0.172. The molecular weight excluding hydrogens is 518 g/mol. The topological polar surface area (TPSA) is 197 Å². The fourth-order valence-electron chi connectivity index (χ4n) is 5.33. The van der Waals surface area contributed by atoms with Crippen molar-refractivity contribution in [2.24, 2.45) is 17.1 Å². The van der Waals surface area contributed by atoms with Crippen molar-refractivity contribution in [2.45, 2.75) is 67.8 Å². The Morgan fingerprint density at radius 2 is 1.76 bits per heavy atom. The van der Waals surface area contributed by atoms with Gasteiger partial charge in [-0.3, -0.25) is 19.2 Å². The lowest BCUT2D eigenvalue weighted by atomic mass is 9.71. The first-order valence-corrected chi connectivity index (χ1v) is 13.1. The number of aliphatic carboxylic acids is 2. The van der Waals surface area contributed by atoms with Crippen molar-refractivity contribution in [3.8, 4) is 5.75 Å². The molecular formula is C25H31N3O9S. The summed E-state index contributed by atoms with van der Waals surface area (Å²) in [6.07, 6.45) is 0.473. The van der Waals surface area contributed by atoms with Gasteiger partial charge in [0.05, 0.1) is 5.92 Å². The fraction of sp³-hybridized carbons (Fsp3) is 0.560. The van der Waals surface area contributed by atoms with Gasteiger partial charge in [-0.1, -0.05) is 12.1 Å². The summed E-state index contributed by atoms with van der Waals surface area (Å²) >= 11 is 1.32. The third-order valence-electron chi connectivity index (χ3n) is 7.73. The zero-order chi connectivity index (χ0) is 28.0. The predicted octanol–water partition coefficient (Wildman–Crippen LogP) is 0.828. The second kappa shape index (κ2) is 10.1. The first-order valence-electron chi connectivity index (χ1n) is 12.2. The molecule has 2 aliphatic heterocycles. The summed E-state index contributed by atoms with van der Waals surface area (Å²) in [5.74, 6) is -4.54. The average Bonchev–Trinajstić information content (AvgIpc) is 3.13. The smallest absolute Gasteiger partial charge is 0.330 e. The minimum Gasteiger partial charge on any atom is -0.508 e. The second-order valence-corrected chi connectivity index (χ2v) is 12.4. The van der Waals surface area contributed by atoms with Gasteiger partial charge < -0.3 is 36.0 Å². The SMILES string of the molecule is CC1(C)S[C@@H]2[C@H](NC(=O)C(N)c3ccc(O)cc3)C(=O)N2[C@H]1C(=O)OCC1(C(=O)O)CCC(C(=O)O)CC1. The molecule has 2 saturated heterocycles. The Morgan fingerprint density at radius 3 is 2.32 bits per heavy atom. The molecule has 0 spiro atoms. The van der Waals surface area contributed by atoms with Gasteiger partial charge in [0.1, 0.15) is 41.3 Å². The maximum atomic E-state index is 13.2. The van der Waals surface area contributed by atoms with Crippen LogP contribution in [-0.2, 0) is 28.7 Å². The standard InChI is InChI=1S/C25H31N3O9S/c1-24(2)17(22(34)37-11-25(23(35)36)9-7-13(8-10-25)21(32)33)28-19(31)16(20(28)38-24)27-18(30)15(26)12-3-5-14(29)6-4-12/h3-6,13,15-17,20,29H,7-11,26H2,1-2H3,(H,27,30)(H,32,33)(H,35,36)/t13?,15?,16-,17+,20-,25?/m1/s1. The second-order valence-electron chi connectivity index (χ2n) is 10.6. The van der Waals surface area contributed by atoms with Crippen molar-refractivity contribution >= 4 is 41.5 Å². The van der Waals surface area contributed by atoms with Crippen molar-refractivity contribution in [2.75, 3.05) is 6.61 Å². The van der Waals surface area contributed by atoms with E-state index in [9.17, 15) is 39.3 Å². The minimum absolute atomic E-state index is 0.0240. The summed E-state index contributed by atoms with van der Waals surface area (Å²) in [5, 5.41) is 30.6. The molecule has 12 nitrogen and oxygen atoms in total. The number of phenols is 1. The zero-order valence-corrected chi connectivity index (χ0v) is 21.8. The molecule has 1 unspecified atom stereocenters. The molecule has 13 heteroatoms. The van der Waals surface area contributed by atoms with E-state index in [4.69, 9.17) is 10.5 Å². The van der Waals surface area contributed by atoms with E-state index in [1.165, 1.54) is 40.9 Å². The number of carbonyl (C=O) groups excluding carboxylic acids is 3. The van der Waals surface area contributed by atoms with Gasteiger partial charge in [-0.05, 0) is 57.2 Å². The van der Waals surface area contributed by atoms with Gasteiger partial charge in [-0.25, -0.2) is 4.79 Å². The number of ether oxygens (including phenoxy) is 1. The molecule has 1 aromatic rings. The van der Waals surface area contributed by atoms with Crippen LogP contribution in [0.3, 0.4) is 0 Å². The minimum atomic E-state index is -1.38. The Hall–Kier alpha value is -3.32. The Labute approximate surface area is 222 Å². The Kier molecular flexibility index (Phi) is 7.36. The molecule has 6 N–H and O–H groups in total. The van der Waals surface area contributed by atoms with E-state index < -0.39 is 75.9 Å². The van der Waals surface area contributed by atoms with Gasteiger partial charge in [0.15, 0.2) is 0 Å². The predicted molar refractivity (Wildman–Crippen MR) is 134 cm³/mol. The fourth-order valence-corrected chi connectivity index (χ4v) is 6.95. The number of fused-ring (bicyclic) bond motifs is 1. The monoisotopic (exact) mass is 549 g/mol. The van der Waals surface area contributed by atoms with E-state index >= 15 is 0 Å². The molecule has 1 aliphatic carbocycles. The molecule has 0 bridgehead atoms. The summed E-state index contributed by atoms with van der Waals surface area (Å²) < 4.78 is 4.70. The van der Waals surface area contributed by atoms with E-state index in [0.29, 0.717) is 5.56 Å². The lowest BCUT2D eigenvalue weighted by Crippen LogP contribution is -2.71. The highest BCUT2D eigenvalue weighted by atomic mass is 32.2. The number of rotatable bonds is 8. The van der Waals surface area contributed by atoms with Crippen molar-refractivity contribution in [3.63, 3.8) is 0 Å². The summed E-state index contributed by atoms with van der Waals surface area (Å²) in [5.41, 5.74) is 5.09. The first kappa shape index (κ1) is 27.7. The van der Waals surface area contributed by atoms with Gasteiger partial charge in [0.2, 0.25) is 11.8 Å². The molecule has 3 fully saturated rings. The van der Waals surface area contributed by atoms with Crippen molar-refractivity contribution in [3.05, 3.63) is 29.8 Å². The van der Waals surface area contributed by atoms with Gasteiger partial charge in [0.25, 0.3) is 0 Å². The number of nitrogens with zero attached hydrogens (tertiary/aromatic N) is 1. The number of nitrogens with two attached hydrogens (primary N) is 1. The number of nitrogens with one attached hydrogen (secondary N) is 1. The molecule has 4 atom stereocenters. The van der Waals surface area contributed by atoms with Gasteiger partial charge in [-0.2, -0.15) is 0 Å². The van der Waals surface area contributed by atoms with Crippen molar-refractivity contribution < 1.29 is 44.0 Å². The molecule has 3 aliphatic rings. The Morgan fingerprint density at radius 1 is 1.16 bits per heavy atom. The van der Waals surface area contributed by atoms with E-state index in [-0.39, 0.29) is 31.4 Å². The lowest BCUT2D eigenvalue weighted by Gasteiger charge is -2.44. The van der Waals surface area contributed by atoms with Crippen LogP contribution < -0.4 is 11.1 Å². The van der Waals surface area contributed by atoms with Crippen LogP contribution >= 0.6 is 11.8 Å². The molecule has 2 amide bonds. The third kappa shape index (κ3) is 4.92. The molecule has 1 aromatic carbocycles. The third-order valence-corrected chi connectivity index (χ3v) is 9.30. The molecule has 0 radical (unpaired) electrons. The molecule has 0 aromatic heterocycles. The number of β-lactam (4-membered cyclic amide) rings is 1. The Bertz CT molecular complexity index is 1150. The average molecular weight is 550 g/mol. The summed E-state index contributed by atoms with van der Waals surface area (Å²) in [6, 6.07) is 2.85. The molecule has 38 heavy (non-hydrogen) atoms. The molecule has 206 valence electrons. The van der Waals surface area contributed by atoms with E-state index in [0.717, 1.165) is 0 Å². The molecule has 4 rings (SSSR count). The number of hydrogen-bond donors (Lipinski definition) is 5. The van der Waals surface area contributed by atoms with Crippen LogP contribution in [0.25, 0.3) is 0 Å². The number of carboxylic acid groups (broad SMARTS) is 2. The number of esters is 1. The van der Waals surface area contributed by atoms with Crippen molar-refractivity contribution in [1.29, 1.82) is 0 Å². The van der Waals surface area contributed by atoms with Gasteiger partial charge in [0, 0.05) is 4.75 Å². The van der Waals surface area contributed by atoms with Crippen LogP contribution in [0.5, 0.6) is 5.75 Å². The number of amides is 2. The number of carboxylic acids is 2. The number of hydrogen-bond acceptors (Lipinski definition) is 9. The highest BCUT2D eigenvalue weighted by molar-refractivity contribution is 8.01. The van der Waals surface area contributed by atoms with E-state index in [1.54, 1.807) is 13.8 Å². The van der Waals surface area contributed by atoms with E-state index in [2.05, 4.69) is 5.32 Å². The van der Waals surface area contributed by atoms with Crippen LogP contribution in [-0.4, -0.2) is 78.8 Å². The summed E-state index contributed by atoms with van der Waals surface area (Å²) in [7, 11) is 0. The largest absolute Gasteiger partial charge is 0.508 e. The number of thioether (sulfide) groups is 1. The normalized spacial score (nSPS) is 30.5. The number of aromatic hydroxyl groups is 1. The summed E-state index contributed by atoms with van der Waals surface area (Å²) in [4.78, 5) is 63.6. The van der Waals surface area contributed by atoms with Gasteiger partial charge in [-0.15, -0.1) is 11.8 Å². The van der Waals surface area contributed by atoms with E-state index in [1.807, 2.05) is 0 Å². The highest BCUT2D eigenvalue weighted by Gasteiger charge is 2.64. The first-order chi connectivity index (χ1) is 17.8. The van der Waals surface area contributed by atoms with Crippen molar-refractivity contribution in [1.82, 2.24) is 10.2 Å². The number of benzene rings is 1. The van der Waals surface area contributed by atoms with Crippen LogP contribution in [0.2, 0.25) is 0 Å². The summed E-state index contributed by atoms with van der Waals surface area (Å²) in [6.45, 7) is 3.11. The van der Waals surface area contributed by atoms with Crippen LogP contribution in [0.15, 0.2) is 24.3 Å². The Balaban J connectivity index is 1.40. The maximum absolute atomic E-state index is 13.2.